The lowest BCUT2D eigenvalue weighted by molar-refractivity contribution is -0.167. The Hall–Kier alpha value is -4.65. The quantitative estimate of drug-likeness (QED) is 0.0864. The molecule has 0 spiro atoms. The number of amides is 2. The normalized spacial score (nSPS) is 17.7. The summed E-state index contributed by atoms with van der Waals surface area (Å²) in [5.74, 6) is -0.317. The highest BCUT2D eigenvalue weighted by molar-refractivity contribution is 6.30. The molecule has 2 aliphatic heterocycles. The van der Waals surface area contributed by atoms with Crippen molar-refractivity contribution in [3.05, 3.63) is 88.4 Å². The number of fused-ring (bicyclic) bond motifs is 1. The average Bonchev–Trinajstić information content (AvgIpc) is 3.28. The number of halogens is 1. The number of para-hydroxylation sites is 1. The summed E-state index contributed by atoms with van der Waals surface area (Å²) in [5, 5.41) is 0.432. The first-order valence-electron chi connectivity index (χ1n) is 19.3. The molecule has 0 aromatic heterocycles. The Labute approximate surface area is 340 Å². The molecule has 0 N–H and O–H groups in total. The largest absolute Gasteiger partial charge is 0.493 e. The van der Waals surface area contributed by atoms with Gasteiger partial charge >= 0.3 is 11.9 Å². The zero-order valence-corrected chi connectivity index (χ0v) is 34.8. The number of hydrogen-bond acceptors (Lipinski definition) is 10. The molecule has 0 aliphatic carbocycles. The number of carbonyl (C=O) groups is 4. The Balaban J connectivity index is 1.36. The SMILES string of the molecule is COc1cccc([C@H]2O[C@H](CC(=O)N3CCC(CC(=O)OCc4ccccc4)CC3)C(=O)N(CC(C)(C)COCOC(=O)C(C)(C)C)c3ccc(Cl)cc32)c1OC. The van der Waals surface area contributed by atoms with Crippen molar-refractivity contribution < 1.29 is 47.6 Å². The van der Waals surface area contributed by atoms with E-state index in [2.05, 4.69) is 0 Å². The van der Waals surface area contributed by atoms with E-state index in [4.69, 9.17) is 40.0 Å². The summed E-state index contributed by atoms with van der Waals surface area (Å²) in [4.78, 5) is 57.2. The third-order valence-electron chi connectivity index (χ3n) is 10.1. The predicted octanol–water partition coefficient (Wildman–Crippen LogP) is 7.53. The van der Waals surface area contributed by atoms with Crippen molar-refractivity contribution in [3.63, 3.8) is 0 Å². The van der Waals surface area contributed by atoms with Crippen LogP contribution >= 0.6 is 11.6 Å². The van der Waals surface area contributed by atoms with Crippen LogP contribution in [0.2, 0.25) is 5.02 Å². The van der Waals surface area contributed by atoms with Gasteiger partial charge in [0.2, 0.25) is 5.91 Å². The number of piperidine rings is 1. The number of methoxy groups -OCH3 is 2. The number of benzene rings is 3. The number of hydrogen-bond donors (Lipinski definition) is 0. The number of anilines is 1. The van der Waals surface area contributed by atoms with Gasteiger partial charge in [0, 0.05) is 53.3 Å². The van der Waals surface area contributed by atoms with E-state index < -0.39 is 28.9 Å². The fourth-order valence-corrected chi connectivity index (χ4v) is 7.22. The molecule has 3 aromatic rings. The summed E-state index contributed by atoms with van der Waals surface area (Å²) in [5.41, 5.74) is 1.36. The average molecular weight is 807 g/mol. The molecule has 3 aromatic carbocycles. The van der Waals surface area contributed by atoms with Crippen LogP contribution in [0.5, 0.6) is 11.5 Å². The molecule has 308 valence electrons. The van der Waals surface area contributed by atoms with Gasteiger partial charge in [-0.15, -0.1) is 0 Å². The minimum atomic E-state index is -1.19. The monoisotopic (exact) mass is 806 g/mol. The van der Waals surface area contributed by atoms with E-state index in [9.17, 15) is 19.2 Å². The lowest BCUT2D eigenvalue weighted by Crippen LogP contribution is -2.48. The Kier molecular flexibility index (Phi) is 14.6. The summed E-state index contributed by atoms with van der Waals surface area (Å²) < 4.78 is 34.8. The van der Waals surface area contributed by atoms with Crippen LogP contribution in [0.15, 0.2) is 66.7 Å². The van der Waals surface area contributed by atoms with Gasteiger partial charge in [-0.1, -0.05) is 67.9 Å². The lowest BCUT2D eigenvalue weighted by atomic mass is 9.92. The van der Waals surface area contributed by atoms with Gasteiger partial charge in [0.05, 0.1) is 32.7 Å². The van der Waals surface area contributed by atoms with Crippen molar-refractivity contribution in [2.45, 2.75) is 79.1 Å². The first kappa shape index (κ1) is 43.5. The molecule has 1 saturated heterocycles. The zero-order valence-electron chi connectivity index (χ0n) is 34.0. The number of nitrogens with zero attached hydrogens (tertiary/aromatic N) is 2. The van der Waals surface area contributed by atoms with Crippen LogP contribution in [0, 0.1) is 16.7 Å². The van der Waals surface area contributed by atoms with Crippen molar-refractivity contribution in [1.29, 1.82) is 0 Å². The van der Waals surface area contributed by atoms with Gasteiger partial charge in [0.1, 0.15) is 18.8 Å². The zero-order chi connectivity index (χ0) is 41.3. The molecule has 57 heavy (non-hydrogen) atoms. The maximum absolute atomic E-state index is 14.8. The number of rotatable bonds is 15. The number of esters is 2. The smallest absolute Gasteiger partial charge is 0.313 e. The van der Waals surface area contributed by atoms with Crippen molar-refractivity contribution in [2.75, 3.05) is 52.2 Å². The van der Waals surface area contributed by atoms with Crippen molar-refractivity contribution in [1.82, 2.24) is 4.90 Å². The predicted molar refractivity (Wildman–Crippen MR) is 215 cm³/mol. The summed E-state index contributed by atoms with van der Waals surface area (Å²) in [6.45, 7) is 10.4. The van der Waals surface area contributed by atoms with Gasteiger partial charge in [-0.25, -0.2) is 0 Å². The fourth-order valence-electron chi connectivity index (χ4n) is 7.04. The molecule has 0 saturated carbocycles. The van der Waals surface area contributed by atoms with E-state index in [1.54, 1.807) is 54.8 Å². The van der Waals surface area contributed by atoms with Crippen LogP contribution in [0.25, 0.3) is 0 Å². The lowest BCUT2D eigenvalue weighted by Gasteiger charge is -2.35. The summed E-state index contributed by atoms with van der Waals surface area (Å²) >= 11 is 6.62. The Bertz CT molecular complexity index is 1870. The van der Waals surface area contributed by atoms with E-state index in [-0.39, 0.29) is 63.2 Å². The van der Waals surface area contributed by atoms with Crippen LogP contribution in [0.1, 0.15) is 83.1 Å². The minimum Gasteiger partial charge on any atom is -0.493 e. The molecule has 13 heteroatoms. The van der Waals surface area contributed by atoms with Crippen LogP contribution in [0.4, 0.5) is 5.69 Å². The van der Waals surface area contributed by atoms with Crippen molar-refractivity contribution in [2.24, 2.45) is 16.7 Å². The minimum absolute atomic E-state index is 0.0779. The Morgan fingerprint density at radius 2 is 1.58 bits per heavy atom. The molecular formula is C44H55ClN2O10. The van der Waals surface area contributed by atoms with Gasteiger partial charge < -0.3 is 38.2 Å². The second-order valence-electron chi connectivity index (χ2n) is 16.4. The third kappa shape index (κ3) is 11.5. The molecule has 1 fully saturated rings. The van der Waals surface area contributed by atoms with E-state index in [1.807, 2.05) is 56.3 Å². The van der Waals surface area contributed by atoms with E-state index in [0.717, 1.165) is 5.56 Å². The first-order valence-corrected chi connectivity index (χ1v) is 19.7. The van der Waals surface area contributed by atoms with Crippen LogP contribution in [-0.2, 0) is 44.7 Å². The number of ether oxygens (including phenoxy) is 6. The summed E-state index contributed by atoms with van der Waals surface area (Å²) in [6, 6.07) is 20.2. The molecule has 2 aliphatic rings. The second kappa shape index (κ2) is 19.2. The highest BCUT2D eigenvalue weighted by Gasteiger charge is 2.42. The molecule has 2 atom stereocenters. The first-order chi connectivity index (χ1) is 27.1. The van der Waals surface area contributed by atoms with Crippen molar-refractivity contribution >= 4 is 41.0 Å². The van der Waals surface area contributed by atoms with E-state index in [0.29, 0.717) is 59.3 Å². The molecule has 5 rings (SSSR count). The Morgan fingerprint density at radius 1 is 0.860 bits per heavy atom. The second-order valence-corrected chi connectivity index (χ2v) is 16.8. The van der Waals surface area contributed by atoms with Gasteiger partial charge in [-0.2, -0.15) is 0 Å². The molecule has 0 radical (unpaired) electrons. The van der Waals surface area contributed by atoms with Gasteiger partial charge in [0.25, 0.3) is 5.91 Å². The topological polar surface area (TPSA) is 130 Å². The van der Waals surface area contributed by atoms with Crippen molar-refractivity contribution in [3.8, 4) is 11.5 Å². The van der Waals surface area contributed by atoms with E-state index >= 15 is 0 Å². The highest BCUT2D eigenvalue weighted by atomic mass is 35.5. The standard InChI is InChI=1S/C44H55ClN2O10/c1-43(2,3)42(51)56-28-54-27-44(4,5)26-47-34-17-16-31(45)23-33(34)39(32-14-11-15-35(52-6)40(32)53-7)57-36(41(47)50)24-37(48)46-20-18-29(19-21-46)22-38(49)55-25-30-12-9-8-10-13-30/h8-17,23,29,36,39H,18-22,24-28H2,1-7H3/t36-,39-/m1/s1. The van der Waals surface area contributed by atoms with Crippen LogP contribution in [-0.4, -0.2) is 82.0 Å². The maximum atomic E-state index is 14.8. The Morgan fingerprint density at radius 3 is 2.25 bits per heavy atom. The van der Waals surface area contributed by atoms with Gasteiger partial charge in [0.15, 0.2) is 18.3 Å². The molecule has 2 amide bonds. The van der Waals surface area contributed by atoms with Gasteiger partial charge in [-0.3, -0.25) is 19.2 Å². The number of likely N-dealkylation sites (tertiary alicyclic amines) is 1. The van der Waals surface area contributed by atoms with E-state index in [1.165, 1.54) is 14.2 Å². The number of carbonyl (C=O) groups excluding carboxylic acids is 4. The molecule has 0 unspecified atom stereocenters. The molecule has 2 heterocycles. The van der Waals surface area contributed by atoms with Gasteiger partial charge in [-0.05, 0) is 69.4 Å². The van der Waals surface area contributed by atoms with Crippen LogP contribution < -0.4 is 14.4 Å². The van der Waals surface area contributed by atoms with Crippen LogP contribution in [0.3, 0.4) is 0 Å². The highest BCUT2D eigenvalue weighted by Crippen LogP contribution is 2.46. The maximum Gasteiger partial charge on any atom is 0.313 e. The molecular weight excluding hydrogens is 752 g/mol. The summed E-state index contributed by atoms with van der Waals surface area (Å²) in [7, 11) is 3.07. The fraction of sp³-hybridized carbons (Fsp3) is 0.500. The molecule has 0 bridgehead atoms. The third-order valence-corrected chi connectivity index (χ3v) is 10.3. The molecule has 12 nitrogen and oxygen atoms in total. The summed E-state index contributed by atoms with van der Waals surface area (Å²) in [6.07, 6.45) is -0.755.